The summed E-state index contributed by atoms with van der Waals surface area (Å²) in [6, 6.07) is 10.4. The van der Waals surface area contributed by atoms with Crippen molar-refractivity contribution in [3.05, 3.63) is 52.8 Å². The summed E-state index contributed by atoms with van der Waals surface area (Å²) in [6.45, 7) is 10.0. The van der Waals surface area contributed by atoms with E-state index in [1.54, 1.807) is 0 Å². The zero-order valence-corrected chi connectivity index (χ0v) is 15.4. The summed E-state index contributed by atoms with van der Waals surface area (Å²) in [7, 11) is 0. The average Bonchev–Trinajstić information content (AvgIpc) is 2.82. The monoisotopic (exact) mass is 336 g/mol. The van der Waals surface area contributed by atoms with E-state index in [1.165, 1.54) is 10.6 Å². The van der Waals surface area contributed by atoms with Crippen molar-refractivity contribution in [1.82, 2.24) is 9.97 Å². The molecule has 1 atom stereocenters. The van der Waals surface area contributed by atoms with Crippen molar-refractivity contribution < 1.29 is 4.79 Å². The molecule has 0 N–H and O–H groups in total. The zero-order chi connectivity index (χ0) is 18.1. The summed E-state index contributed by atoms with van der Waals surface area (Å²) >= 11 is 0. The van der Waals surface area contributed by atoms with Crippen molar-refractivity contribution >= 4 is 17.6 Å². The van der Waals surface area contributed by atoms with Gasteiger partial charge in [0.2, 0.25) is 0 Å². The Balaban J connectivity index is 1.80. The van der Waals surface area contributed by atoms with Crippen molar-refractivity contribution in [1.29, 1.82) is 0 Å². The van der Waals surface area contributed by atoms with Crippen LogP contribution >= 0.6 is 0 Å². The van der Waals surface area contributed by atoms with Crippen LogP contribution in [0.1, 0.15) is 49.2 Å². The molecule has 2 heterocycles. The molecule has 5 nitrogen and oxygen atoms in total. The van der Waals surface area contributed by atoms with Gasteiger partial charge in [-0.15, -0.1) is 0 Å². The third-order valence-corrected chi connectivity index (χ3v) is 4.52. The molecule has 1 aromatic carbocycles. The maximum atomic E-state index is 12.8. The van der Waals surface area contributed by atoms with E-state index in [4.69, 9.17) is 0 Å². The summed E-state index contributed by atoms with van der Waals surface area (Å²) in [6.07, 6.45) is 0.647. The van der Waals surface area contributed by atoms with E-state index in [0.717, 1.165) is 22.7 Å². The molecule has 2 aromatic rings. The van der Waals surface area contributed by atoms with Crippen molar-refractivity contribution in [3.63, 3.8) is 0 Å². The van der Waals surface area contributed by atoms with Gasteiger partial charge in [0.25, 0.3) is 11.9 Å². The van der Waals surface area contributed by atoms with Gasteiger partial charge in [-0.05, 0) is 50.3 Å². The Hall–Kier alpha value is -2.56. The Morgan fingerprint density at radius 2 is 1.64 bits per heavy atom. The van der Waals surface area contributed by atoms with Crippen LogP contribution in [0.4, 0.5) is 5.95 Å². The van der Waals surface area contributed by atoms with E-state index in [2.05, 4.69) is 53.2 Å². The number of hydrogen-bond acceptors (Lipinski definition) is 4. The van der Waals surface area contributed by atoms with Crippen LogP contribution in [0.3, 0.4) is 0 Å². The maximum Gasteiger partial charge on any atom is 0.259 e. The summed E-state index contributed by atoms with van der Waals surface area (Å²) < 4.78 is 0. The molecule has 130 valence electrons. The van der Waals surface area contributed by atoms with Crippen molar-refractivity contribution in [2.45, 2.75) is 47.0 Å². The van der Waals surface area contributed by atoms with Gasteiger partial charge in [0.1, 0.15) is 0 Å². The highest BCUT2D eigenvalue weighted by Gasteiger charge is 2.35. The normalized spacial score (nSPS) is 17.4. The molecule has 0 bridgehead atoms. The number of nitrogens with zero attached hydrogens (tertiary/aromatic N) is 4. The number of hydrogen-bond donors (Lipinski definition) is 0. The zero-order valence-electron chi connectivity index (χ0n) is 15.4. The van der Waals surface area contributed by atoms with Gasteiger partial charge in [0, 0.05) is 17.1 Å². The summed E-state index contributed by atoms with van der Waals surface area (Å²) in [5.74, 6) is 0.548. The molecule has 1 aliphatic rings. The predicted molar refractivity (Wildman–Crippen MR) is 99.8 cm³/mol. The number of carbonyl (C=O) groups excluding carboxylic acids is 1. The van der Waals surface area contributed by atoms with E-state index in [1.807, 2.05) is 26.8 Å². The van der Waals surface area contributed by atoms with E-state index in [0.29, 0.717) is 18.3 Å². The molecule has 0 unspecified atom stereocenters. The molecule has 0 spiro atoms. The largest absolute Gasteiger partial charge is 0.272 e. The number of aromatic nitrogens is 2. The fraction of sp³-hybridized carbons (Fsp3) is 0.400. The smallest absolute Gasteiger partial charge is 0.259 e. The number of rotatable bonds is 4. The van der Waals surface area contributed by atoms with Crippen LogP contribution in [0.2, 0.25) is 0 Å². The standard InChI is InChI=1S/C20H24N4O/c1-12(2)17-8-6-16(7-9-17)11-18-15(5)23-24(19(18)25)20-21-13(3)10-14(4)22-20/h6-10,12,18H,11H2,1-5H3/t18-/m1/s1. The predicted octanol–water partition coefficient (Wildman–Crippen LogP) is 3.80. The molecule has 1 aromatic heterocycles. The Morgan fingerprint density at radius 3 is 2.20 bits per heavy atom. The highest BCUT2D eigenvalue weighted by molar-refractivity contribution is 6.14. The highest BCUT2D eigenvalue weighted by Crippen LogP contribution is 2.25. The van der Waals surface area contributed by atoms with E-state index in [-0.39, 0.29) is 11.8 Å². The second-order valence-electron chi connectivity index (χ2n) is 7.00. The quantitative estimate of drug-likeness (QED) is 0.853. The molecule has 5 heteroatoms. The molecule has 0 fully saturated rings. The lowest BCUT2D eigenvalue weighted by atomic mass is 9.93. The first kappa shape index (κ1) is 17.3. The number of anilines is 1. The van der Waals surface area contributed by atoms with Gasteiger partial charge in [-0.1, -0.05) is 38.1 Å². The van der Waals surface area contributed by atoms with Crippen LogP contribution in [0.25, 0.3) is 0 Å². The van der Waals surface area contributed by atoms with Crippen molar-refractivity contribution in [2.75, 3.05) is 5.01 Å². The third-order valence-electron chi connectivity index (χ3n) is 4.52. The molecule has 0 saturated carbocycles. The number of hydrazone groups is 1. The Labute approximate surface area is 148 Å². The van der Waals surface area contributed by atoms with Gasteiger partial charge in [0.05, 0.1) is 5.92 Å². The fourth-order valence-electron chi connectivity index (χ4n) is 3.06. The van der Waals surface area contributed by atoms with E-state index >= 15 is 0 Å². The van der Waals surface area contributed by atoms with Crippen LogP contribution in [0.5, 0.6) is 0 Å². The van der Waals surface area contributed by atoms with Crippen LogP contribution in [0.15, 0.2) is 35.4 Å². The molecule has 25 heavy (non-hydrogen) atoms. The van der Waals surface area contributed by atoms with Crippen molar-refractivity contribution in [2.24, 2.45) is 11.0 Å². The van der Waals surface area contributed by atoms with E-state index < -0.39 is 0 Å². The molecule has 3 rings (SSSR count). The third kappa shape index (κ3) is 3.60. The number of aryl methyl sites for hydroxylation is 2. The summed E-state index contributed by atoms with van der Waals surface area (Å²) in [5.41, 5.74) is 4.91. The van der Waals surface area contributed by atoms with Gasteiger partial charge in [0.15, 0.2) is 0 Å². The lowest BCUT2D eigenvalue weighted by molar-refractivity contribution is -0.119. The van der Waals surface area contributed by atoms with E-state index in [9.17, 15) is 4.79 Å². The second-order valence-corrected chi connectivity index (χ2v) is 7.00. The molecule has 0 aliphatic carbocycles. The van der Waals surface area contributed by atoms with Gasteiger partial charge in [-0.3, -0.25) is 4.79 Å². The molecular formula is C20H24N4O. The Morgan fingerprint density at radius 1 is 1.04 bits per heavy atom. The number of benzene rings is 1. The van der Waals surface area contributed by atoms with Crippen LogP contribution in [0, 0.1) is 19.8 Å². The first-order chi connectivity index (χ1) is 11.8. The topological polar surface area (TPSA) is 58.5 Å². The molecule has 1 aliphatic heterocycles. The van der Waals surface area contributed by atoms with Crippen molar-refractivity contribution in [3.8, 4) is 0 Å². The summed E-state index contributed by atoms with van der Waals surface area (Å²) in [5, 5.41) is 5.77. The first-order valence-corrected chi connectivity index (χ1v) is 8.65. The van der Waals surface area contributed by atoms with Gasteiger partial charge in [-0.25, -0.2) is 9.97 Å². The van der Waals surface area contributed by atoms with Crippen LogP contribution < -0.4 is 5.01 Å². The lowest BCUT2D eigenvalue weighted by Gasteiger charge is -2.14. The minimum absolute atomic E-state index is 0.0598. The molecular weight excluding hydrogens is 312 g/mol. The molecule has 1 amide bonds. The van der Waals surface area contributed by atoms with Gasteiger partial charge >= 0.3 is 0 Å². The minimum atomic E-state index is -0.255. The molecule has 0 saturated heterocycles. The van der Waals surface area contributed by atoms with Crippen LogP contribution in [-0.4, -0.2) is 21.6 Å². The van der Waals surface area contributed by atoms with Gasteiger partial charge < -0.3 is 0 Å². The first-order valence-electron chi connectivity index (χ1n) is 8.65. The lowest BCUT2D eigenvalue weighted by Crippen LogP contribution is -2.29. The van der Waals surface area contributed by atoms with Gasteiger partial charge in [-0.2, -0.15) is 10.1 Å². The Kier molecular flexibility index (Phi) is 4.66. The highest BCUT2D eigenvalue weighted by atomic mass is 16.2. The minimum Gasteiger partial charge on any atom is -0.272 e. The fourth-order valence-corrected chi connectivity index (χ4v) is 3.06. The molecule has 0 radical (unpaired) electrons. The summed E-state index contributed by atoms with van der Waals surface area (Å²) in [4.78, 5) is 21.6. The number of carbonyl (C=O) groups is 1. The van der Waals surface area contributed by atoms with Crippen LogP contribution in [-0.2, 0) is 11.2 Å². The Bertz CT molecular complexity index is 804. The maximum absolute atomic E-state index is 12.8. The number of amides is 1. The SMILES string of the molecule is CC1=NN(c2nc(C)cc(C)n2)C(=O)[C@@H]1Cc1ccc(C(C)C)cc1. The second kappa shape index (κ2) is 6.75. The average molecular weight is 336 g/mol.